The molecule has 2 aliphatic heterocycles. The predicted octanol–water partition coefficient (Wildman–Crippen LogP) is 1.53. The van der Waals surface area contributed by atoms with Gasteiger partial charge in [0.15, 0.2) is 6.10 Å². The van der Waals surface area contributed by atoms with E-state index in [1.807, 2.05) is 0 Å². The van der Waals surface area contributed by atoms with Gasteiger partial charge in [0.2, 0.25) is 12.1 Å². The molecule has 0 bridgehead atoms. The summed E-state index contributed by atoms with van der Waals surface area (Å²) in [6.07, 6.45) is -2.93. The van der Waals surface area contributed by atoms with Crippen LogP contribution in [-0.2, 0) is 46.4 Å². The van der Waals surface area contributed by atoms with Crippen molar-refractivity contribution in [3.8, 4) is 0 Å². The second-order valence-electron chi connectivity index (χ2n) is 9.60. The number of esters is 1. The van der Waals surface area contributed by atoms with E-state index in [9.17, 15) is 29.1 Å². The highest BCUT2D eigenvalue weighted by Gasteiger charge is 2.55. The monoisotopic (exact) mass is 549 g/mol. The van der Waals surface area contributed by atoms with Crippen molar-refractivity contribution in [1.82, 2.24) is 15.5 Å². The molecule has 3 amide bonds. The van der Waals surface area contributed by atoms with Crippen LogP contribution in [0.25, 0.3) is 0 Å². The van der Waals surface area contributed by atoms with E-state index in [0.717, 1.165) is 11.8 Å². The molecule has 2 aliphatic rings. The number of nitrogens with one attached hydrogen (secondary N) is 2. The number of ether oxygens (including phenoxy) is 3. The quantitative estimate of drug-likeness (QED) is 0.234. The van der Waals surface area contributed by atoms with Gasteiger partial charge in [-0.2, -0.15) is 0 Å². The highest BCUT2D eigenvalue weighted by atomic mass is 32.2. The summed E-state index contributed by atoms with van der Waals surface area (Å²) in [6.45, 7) is 6.47. The first-order valence-corrected chi connectivity index (χ1v) is 12.8. The van der Waals surface area contributed by atoms with Crippen LogP contribution in [0.5, 0.6) is 0 Å². The first-order chi connectivity index (χ1) is 17.8. The third-order valence-corrected chi connectivity index (χ3v) is 6.87. The summed E-state index contributed by atoms with van der Waals surface area (Å²) in [5.41, 5.74) is 0.317. The fourth-order valence-electron chi connectivity index (χ4n) is 4.00. The molecule has 12 nitrogen and oxygen atoms in total. The lowest BCUT2D eigenvalue weighted by molar-refractivity contribution is -0.162. The number of nitrogens with zero attached hydrogens (tertiary/aromatic N) is 1. The van der Waals surface area contributed by atoms with Crippen molar-refractivity contribution in [3.63, 3.8) is 0 Å². The Kier molecular flexibility index (Phi) is 9.05. The zero-order valence-electron chi connectivity index (χ0n) is 21.7. The van der Waals surface area contributed by atoms with Crippen LogP contribution in [0.2, 0.25) is 0 Å². The number of amides is 3. The van der Waals surface area contributed by atoms with Crippen LogP contribution in [0.1, 0.15) is 38.8 Å². The summed E-state index contributed by atoms with van der Waals surface area (Å²) >= 11 is 1.24. The minimum atomic E-state index is -1.40. The highest BCUT2D eigenvalue weighted by molar-refractivity contribution is 8.00. The lowest BCUT2D eigenvalue weighted by atomic mass is 10.0. The van der Waals surface area contributed by atoms with Crippen molar-refractivity contribution in [3.05, 3.63) is 46.7 Å². The average molecular weight is 550 g/mol. The van der Waals surface area contributed by atoms with Crippen LogP contribution in [0.4, 0.5) is 4.79 Å². The molecule has 1 aromatic rings. The van der Waals surface area contributed by atoms with Gasteiger partial charge in [-0.1, -0.05) is 24.3 Å². The van der Waals surface area contributed by atoms with Gasteiger partial charge in [-0.3, -0.25) is 19.3 Å². The van der Waals surface area contributed by atoms with Crippen LogP contribution in [0.3, 0.4) is 0 Å². The van der Waals surface area contributed by atoms with E-state index in [0.29, 0.717) is 11.1 Å². The molecule has 0 radical (unpaired) electrons. The van der Waals surface area contributed by atoms with Crippen molar-refractivity contribution in [1.29, 1.82) is 0 Å². The fourth-order valence-corrected chi connectivity index (χ4v) is 5.40. The number of rotatable bonds is 9. The van der Waals surface area contributed by atoms with Crippen LogP contribution >= 0.6 is 11.8 Å². The Bertz CT molecular complexity index is 1160. The lowest BCUT2D eigenvalue weighted by Gasteiger charge is -2.49. The summed E-state index contributed by atoms with van der Waals surface area (Å²) in [5.74, 6) is -3.14. The van der Waals surface area contributed by atoms with Gasteiger partial charge >= 0.3 is 18.0 Å². The number of benzene rings is 1. The topological polar surface area (TPSA) is 161 Å². The van der Waals surface area contributed by atoms with Crippen molar-refractivity contribution >= 4 is 41.6 Å². The molecule has 3 atom stereocenters. The number of carboxylic acids is 1. The molecule has 38 heavy (non-hydrogen) atoms. The predicted molar refractivity (Wildman–Crippen MR) is 135 cm³/mol. The number of aliphatic carboxylic acids is 1. The van der Waals surface area contributed by atoms with Gasteiger partial charge in [0, 0.05) is 31.9 Å². The molecular weight excluding hydrogens is 518 g/mol. The second-order valence-corrected chi connectivity index (χ2v) is 10.7. The molecule has 1 saturated heterocycles. The number of alkyl carbamates (subject to hydrolysis) is 1. The Labute approximate surface area is 224 Å². The second kappa shape index (κ2) is 11.9. The van der Waals surface area contributed by atoms with Gasteiger partial charge < -0.3 is 30.0 Å². The number of methoxy groups -OCH3 is 1. The molecule has 206 valence electrons. The molecule has 0 spiro atoms. The van der Waals surface area contributed by atoms with Gasteiger partial charge in [0.1, 0.15) is 16.7 Å². The number of hydrogen-bond donors (Lipinski definition) is 3. The third-order valence-electron chi connectivity index (χ3n) is 5.59. The molecular formula is C25H31N3O9S. The zero-order chi connectivity index (χ0) is 28.2. The number of fused-ring (bicyclic) bond motifs is 1. The standard InChI is InChI=1S/C25H31N3O9S/c1-13(29)36-20(16-12-38-22-19(35-5)21(31)28(22)18(16)23(32)33)27-17(30)10-14-8-6-7-9-15(14)11-26-24(34)37-25(2,3)4/h6-9,19-20,22H,10-12H2,1-5H3,(H,26,34)(H,27,30)(H,32,33)/t19-,20?,22+/m0/s1. The zero-order valence-corrected chi connectivity index (χ0v) is 22.5. The van der Waals surface area contributed by atoms with Crippen LogP contribution in [0.15, 0.2) is 35.5 Å². The highest BCUT2D eigenvalue weighted by Crippen LogP contribution is 2.42. The number of hydrogen-bond acceptors (Lipinski definition) is 9. The van der Waals surface area contributed by atoms with Crippen LogP contribution in [-0.4, -0.2) is 76.0 Å². The molecule has 1 aromatic carbocycles. The molecule has 2 heterocycles. The normalized spacial score (nSPS) is 19.6. The summed E-state index contributed by atoms with van der Waals surface area (Å²) in [4.78, 5) is 62.6. The van der Waals surface area contributed by atoms with E-state index >= 15 is 0 Å². The van der Waals surface area contributed by atoms with Crippen molar-refractivity contribution in [2.24, 2.45) is 0 Å². The largest absolute Gasteiger partial charge is 0.477 e. The number of carbonyl (C=O) groups is 5. The van der Waals surface area contributed by atoms with Gasteiger partial charge in [-0.25, -0.2) is 9.59 Å². The number of carbonyl (C=O) groups excluding carboxylic acids is 4. The van der Waals surface area contributed by atoms with Crippen molar-refractivity contribution < 1.29 is 43.3 Å². The number of carboxylic acid groups (broad SMARTS) is 1. The maximum atomic E-state index is 13.0. The molecule has 13 heteroatoms. The first kappa shape index (κ1) is 29.0. The van der Waals surface area contributed by atoms with Crippen molar-refractivity contribution in [2.45, 2.75) is 64.0 Å². The van der Waals surface area contributed by atoms with Gasteiger partial charge in [0.05, 0.1) is 6.42 Å². The van der Waals surface area contributed by atoms with E-state index in [4.69, 9.17) is 14.2 Å². The van der Waals surface area contributed by atoms with E-state index in [-0.39, 0.29) is 30.0 Å². The fraction of sp³-hybridized carbons (Fsp3) is 0.480. The minimum absolute atomic E-state index is 0.0741. The molecule has 3 N–H and O–H groups in total. The van der Waals surface area contributed by atoms with E-state index < -0.39 is 53.2 Å². The summed E-state index contributed by atoms with van der Waals surface area (Å²) in [7, 11) is 1.36. The van der Waals surface area contributed by atoms with E-state index in [1.54, 1.807) is 45.0 Å². The minimum Gasteiger partial charge on any atom is -0.477 e. The Balaban J connectivity index is 1.78. The Morgan fingerprint density at radius 3 is 2.42 bits per heavy atom. The number of thioether (sulfide) groups is 1. The lowest BCUT2D eigenvalue weighted by Crippen LogP contribution is -2.66. The van der Waals surface area contributed by atoms with Crippen LogP contribution in [0, 0.1) is 0 Å². The molecule has 1 unspecified atom stereocenters. The Morgan fingerprint density at radius 2 is 1.84 bits per heavy atom. The average Bonchev–Trinajstić information content (AvgIpc) is 2.81. The first-order valence-electron chi connectivity index (χ1n) is 11.8. The van der Waals surface area contributed by atoms with Gasteiger partial charge in [-0.15, -0.1) is 11.8 Å². The SMILES string of the molecule is CO[C@H]1C(=O)N2C(C(=O)O)=C(C(NC(=O)Cc3ccccc3CNC(=O)OC(C)(C)C)OC(C)=O)CS[C@H]12. The number of β-lactam (4-membered cyclic amide) rings is 1. The van der Waals surface area contributed by atoms with Gasteiger partial charge in [0.25, 0.3) is 5.91 Å². The molecule has 1 fully saturated rings. The molecule has 0 aromatic heterocycles. The third kappa shape index (κ3) is 6.84. The van der Waals surface area contributed by atoms with Crippen molar-refractivity contribution in [2.75, 3.05) is 12.9 Å². The maximum absolute atomic E-state index is 13.0. The summed E-state index contributed by atoms with van der Waals surface area (Å²) < 4.78 is 15.7. The van der Waals surface area contributed by atoms with Gasteiger partial charge in [-0.05, 0) is 31.9 Å². The molecule has 0 saturated carbocycles. The van der Waals surface area contributed by atoms with E-state index in [1.165, 1.54) is 18.9 Å². The van der Waals surface area contributed by atoms with Crippen LogP contribution < -0.4 is 10.6 Å². The summed E-state index contributed by atoms with van der Waals surface area (Å²) in [6, 6.07) is 6.94. The maximum Gasteiger partial charge on any atom is 0.407 e. The smallest absolute Gasteiger partial charge is 0.407 e. The summed E-state index contributed by atoms with van der Waals surface area (Å²) in [5, 5.41) is 14.6. The Hall–Kier alpha value is -3.58. The molecule has 3 rings (SSSR count). The molecule has 0 aliphatic carbocycles. The Morgan fingerprint density at radius 1 is 1.18 bits per heavy atom. The van der Waals surface area contributed by atoms with E-state index in [2.05, 4.69) is 10.6 Å².